The number of Topliss-reactive ketones (excluding diaryl/α,β-unsaturated/α-hetero) is 1. The van der Waals surface area contributed by atoms with E-state index in [1.54, 1.807) is 18.2 Å². The molecule has 2 aromatic carbocycles. The Morgan fingerprint density at radius 2 is 1.95 bits per heavy atom. The molecule has 0 saturated carbocycles. The van der Waals surface area contributed by atoms with Crippen LogP contribution in [0.4, 0.5) is 10.1 Å². The number of halogens is 3. The van der Waals surface area contributed by atoms with Gasteiger partial charge in [-0.15, -0.1) is 0 Å². The molecule has 0 heterocycles. The van der Waals surface area contributed by atoms with E-state index in [9.17, 15) is 9.18 Å². The van der Waals surface area contributed by atoms with Crippen LogP contribution in [0.3, 0.4) is 0 Å². The van der Waals surface area contributed by atoms with Gasteiger partial charge in [-0.3, -0.25) is 4.79 Å². The number of carbonyl (C=O) groups excluding carboxylic acids is 1. The van der Waals surface area contributed by atoms with Crippen molar-refractivity contribution in [2.24, 2.45) is 0 Å². The number of carbonyl (C=O) groups is 1. The number of hydrogen-bond donors (Lipinski definition) is 1. The van der Waals surface area contributed by atoms with E-state index in [1.165, 1.54) is 18.2 Å². The van der Waals surface area contributed by atoms with E-state index in [1.807, 2.05) is 0 Å². The number of benzene rings is 2. The number of nitrogens with two attached hydrogens (primary N) is 1. The van der Waals surface area contributed by atoms with Gasteiger partial charge in [0.25, 0.3) is 0 Å². The Kier molecular flexibility index (Phi) is 4.08. The molecule has 0 fully saturated rings. The van der Waals surface area contributed by atoms with E-state index in [2.05, 4.69) is 0 Å². The molecule has 0 saturated heterocycles. The number of nitrogen functional groups attached to an aromatic ring is 1. The van der Waals surface area contributed by atoms with Crippen molar-refractivity contribution in [1.29, 1.82) is 0 Å². The SMILES string of the molecule is Nc1ccc(C(=O)Cc2cccc(F)c2Cl)cc1Cl. The summed E-state index contributed by atoms with van der Waals surface area (Å²) in [5.41, 5.74) is 6.84. The fourth-order valence-corrected chi connectivity index (χ4v) is 2.03. The minimum Gasteiger partial charge on any atom is -0.398 e. The molecule has 0 aromatic heterocycles. The van der Waals surface area contributed by atoms with Gasteiger partial charge in [-0.2, -0.15) is 0 Å². The maximum absolute atomic E-state index is 13.3. The lowest BCUT2D eigenvalue weighted by atomic mass is 10.0. The van der Waals surface area contributed by atoms with Crippen LogP contribution in [0, 0.1) is 5.82 Å². The molecule has 0 amide bonds. The number of hydrogen-bond acceptors (Lipinski definition) is 2. The second-order valence-electron chi connectivity index (χ2n) is 4.05. The Bertz CT molecular complexity index is 643. The summed E-state index contributed by atoms with van der Waals surface area (Å²) in [6.07, 6.45) is 0.0108. The molecule has 98 valence electrons. The lowest BCUT2D eigenvalue weighted by molar-refractivity contribution is 0.0993. The Hall–Kier alpha value is -1.58. The van der Waals surface area contributed by atoms with Crippen LogP contribution >= 0.6 is 23.2 Å². The van der Waals surface area contributed by atoms with E-state index < -0.39 is 5.82 Å². The topological polar surface area (TPSA) is 43.1 Å². The van der Waals surface area contributed by atoms with Crippen molar-refractivity contribution < 1.29 is 9.18 Å². The molecule has 0 bridgehead atoms. The number of anilines is 1. The molecule has 2 N–H and O–H groups in total. The summed E-state index contributed by atoms with van der Waals surface area (Å²) in [6.45, 7) is 0. The van der Waals surface area contributed by atoms with Crippen LogP contribution < -0.4 is 5.73 Å². The van der Waals surface area contributed by atoms with Gasteiger partial charge in [-0.25, -0.2) is 4.39 Å². The molecule has 0 aliphatic heterocycles. The van der Waals surface area contributed by atoms with Gasteiger partial charge in [0.05, 0.1) is 15.7 Å². The fraction of sp³-hybridized carbons (Fsp3) is 0.0714. The van der Waals surface area contributed by atoms with E-state index in [0.717, 1.165) is 0 Å². The van der Waals surface area contributed by atoms with Crippen molar-refractivity contribution in [3.8, 4) is 0 Å². The lowest BCUT2D eigenvalue weighted by Gasteiger charge is -2.06. The highest BCUT2D eigenvalue weighted by Crippen LogP contribution is 2.23. The van der Waals surface area contributed by atoms with Crippen LogP contribution in [-0.4, -0.2) is 5.78 Å². The summed E-state index contributed by atoms with van der Waals surface area (Å²) in [7, 11) is 0. The molecule has 0 aliphatic carbocycles. The molecule has 0 atom stereocenters. The van der Waals surface area contributed by atoms with Gasteiger partial charge in [0.2, 0.25) is 0 Å². The summed E-state index contributed by atoms with van der Waals surface area (Å²) >= 11 is 11.7. The molecule has 0 unspecified atom stereocenters. The van der Waals surface area contributed by atoms with E-state index in [0.29, 0.717) is 21.8 Å². The second kappa shape index (κ2) is 5.59. The van der Waals surface area contributed by atoms with Crippen LogP contribution in [0.1, 0.15) is 15.9 Å². The van der Waals surface area contributed by atoms with Crippen LogP contribution in [0.5, 0.6) is 0 Å². The smallest absolute Gasteiger partial charge is 0.167 e. The summed E-state index contributed by atoms with van der Waals surface area (Å²) in [4.78, 5) is 12.1. The zero-order chi connectivity index (χ0) is 14.0. The Labute approximate surface area is 119 Å². The molecular weight excluding hydrogens is 288 g/mol. The number of rotatable bonds is 3. The molecule has 2 nitrogen and oxygen atoms in total. The minimum atomic E-state index is -0.540. The zero-order valence-electron chi connectivity index (χ0n) is 9.79. The van der Waals surface area contributed by atoms with Crippen LogP contribution in [0.15, 0.2) is 36.4 Å². The van der Waals surface area contributed by atoms with Crippen molar-refractivity contribution in [3.05, 3.63) is 63.4 Å². The molecule has 19 heavy (non-hydrogen) atoms. The van der Waals surface area contributed by atoms with E-state index >= 15 is 0 Å². The highest BCUT2D eigenvalue weighted by molar-refractivity contribution is 6.33. The van der Waals surface area contributed by atoms with Gasteiger partial charge < -0.3 is 5.73 Å². The summed E-state index contributed by atoms with van der Waals surface area (Å²) in [5, 5.41) is 0.286. The van der Waals surface area contributed by atoms with Crippen LogP contribution in [0.25, 0.3) is 0 Å². The Morgan fingerprint density at radius 3 is 2.63 bits per heavy atom. The molecule has 2 aromatic rings. The monoisotopic (exact) mass is 297 g/mol. The summed E-state index contributed by atoms with van der Waals surface area (Å²) < 4.78 is 13.3. The average Bonchev–Trinajstić information content (AvgIpc) is 2.38. The summed E-state index contributed by atoms with van der Waals surface area (Å²) in [5.74, 6) is -0.739. The van der Waals surface area contributed by atoms with E-state index in [-0.39, 0.29) is 17.2 Å². The first-order valence-electron chi connectivity index (χ1n) is 5.50. The largest absolute Gasteiger partial charge is 0.398 e. The first-order chi connectivity index (χ1) is 8.99. The van der Waals surface area contributed by atoms with Gasteiger partial charge in [-0.1, -0.05) is 35.3 Å². The van der Waals surface area contributed by atoms with Gasteiger partial charge in [-0.05, 0) is 29.8 Å². The first kappa shape index (κ1) is 13.8. The normalized spacial score (nSPS) is 10.5. The standard InChI is InChI=1S/C14H10Cl2FNO/c15-10-6-8(4-5-12(10)18)13(19)7-9-2-1-3-11(17)14(9)16/h1-6H,7,18H2. The molecule has 0 radical (unpaired) electrons. The molecular formula is C14H10Cl2FNO. The quantitative estimate of drug-likeness (QED) is 0.683. The highest BCUT2D eigenvalue weighted by Gasteiger charge is 2.12. The minimum absolute atomic E-state index is 0.0108. The third kappa shape index (κ3) is 3.06. The fourth-order valence-electron chi connectivity index (χ4n) is 1.66. The molecule has 2 rings (SSSR count). The van der Waals surface area contributed by atoms with Gasteiger partial charge >= 0.3 is 0 Å². The van der Waals surface area contributed by atoms with Gasteiger partial charge in [0.1, 0.15) is 5.82 Å². The second-order valence-corrected chi connectivity index (χ2v) is 4.83. The van der Waals surface area contributed by atoms with E-state index in [4.69, 9.17) is 28.9 Å². The van der Waals surface area contributed by atoms with Crippen LogP contribution in [0.2, 0.25) is 10.0 Å². The van der Waals surface area contributed by atoms with Crippen molar-refractivity contribution in [1.82, 2.24) is 0 Å². The summed E-state index contributed by atoms with van der Waals surface area (Å²) in [6, 6.07) is 9.00. The molecule has 0 aliphatic rings. The number of ketones is 1. The Balaban J connectivity index is 2.26. The third-order valence-electron chi connectivity index (χ3n) is 2.71. The predicted molar refractivity (Wildman–Crippen MR) is 75.3 cm³/mol. The maximum atomic E-state index is 13.3. The zero-order valence-corrected chi connectivity index (χ0v) is 11.3. The maximum Gasteiger partial charge on any atom is 0.167 e. The first-order valence-corrected chi connectivity index (χ1v) is 6.25. The van der Waals surface area contributed by atoms with Crippen molar-refractivity contribution in [2.75, 3.05) is 5.73 Å². The van der Waals surface area contributed by atoms with Crippen molar-refractivity contribution in [3.63, 3.8) is 0 Å². The van der Waals surface area contributed by atoms with Crippen molar-refractivity contribution >= 4 is 34.7 Å². The lowest BCUT2D eigenvalue weighted by Crippen LogP contribution is -2.05. The Morgan fingerprint density at radius 1 is 1.21 bits per heavy atom. The predicted octanol–water partition coefficient (Wildman–Crippen LogP) is 4.14. The van der Waals surface area contributed by atoms with Gasteiger partial charge in [0.15, 0.2) is 5.78 Å². The van der Waals surface area contributed by atoms with Crippen LogP contribution in [-0.2, 0) is 6.42 Å². The van der Waals surface area contributed by atoms with Crippen molar-refractivity contribution in [2.45, 2.75) is 6.42 Å². The molecule has 5 heteroatoms. The highest BCUT2D eigenvalue weighted by atomic mass is 35.5. The third-order valence-corrected chi connectivity index (χ3v) is 3.46. The molecule has 0 spiro atoms. The van der Waals surface area contributed by atoms with Gasteiger partial charge in [0, 0.05) is 12.0 Å². The average molecular weight is 298 g/mol.